The number of hydrogen-bond donors (Lipinski definition) is 1. The zero-order valence-electron chi connectivity index (χ0n) is 12.9. The third kappa shape index (κ3) is 2.80. The van der Waals surface area contributed by atoms with E-state index in [-0.39, 0.29) is 0 Å². The van der Waals surface area contributed by atoms with Gasteiger partial charge in [-0.3, -0.25) is 4.90 Å². The quantitative estimate of drug-likeness (QED) is 0.788. The first-order valence-electron chi connectivity index (χ1n) is 7.41. The van der Waals surface area contributed by atoms with E-state index in [4.69, 9.17) is 0 Å². The first-order valence-corrected chi connectivity index (χ1v) is 7.41. The summed E-state index contributed by atoms with van der Waals surface area (Å²) in [7, 11) is 1.96. The molecule has 1 N–H and O–H groups in total. The molecule has 1 aromatic carbocycles. The molecule has 20 heavy (non-hydrogen) atoms. The lowest BCUT2D eigenvalue weighted by atomic mass is 10.0. The first-order chi connectivity index (χ1) is 9.58. The highest BCUT2D eigenvalue weighted by Crippen LogP contribution is 2.37. The Morgan fingerprint density at radius 3 is 2.95 bits per heavy atom. The van der Waals surface area contributed by atoms with Crippen LogP contribution in [0, 0.1) is 6.92 Å². The predicted octanol–water partition coefficient (Wildman–Crippen LogP) is 3.94. The third-order valence-corrected chi connectivity index (χ3v) is 4.37. The molecule has 2 unspecified atom stereocenters. The smallest absolute Gasteiger partial charge is 0.0501 e. The van der Waals surface area contributed by atoms with Crippen molar-refractivity contribution in [2.75, 3.05) is 7.05 Å². The summed E-state index contributed by atoms with van der Waals surface area (Å²) in [6, 6.07) is 7.62. The van der Waals surface area contributed by atoms with Crippen molar-refractivity contribution < 1.29 is 0 Å². The fourth-order valence-electron chi connectivity index (χ4n) is 3.15. The molecule has 2 heteroatoms. The lowest BCUT2D eigenvalue weighted by Gasteiger charge is -2.33. The summed E-state index contributed by atoms with van der Waals surface area (Å²) in [6.07, 6.45) is 4.08. The Labute approximate surface area is 123 Å². The van der Waals surface area contributed by atoms with Gasteiger partial charge in [-0.15, -0.1) is 6.58 Å². The normalized spacial score (nSPS) is 19.4. The molecule has 0 aromatic heterocycles. The van der Waals surface area contributed by atoms with Crippen molar-refractivity contribution in [3.05, 3.63) is 59.8 Å². The summed E-state index contributed by atoms with van der Waals surface area (Å²) in [5, 5.41) is 3.24. The van der Waals surface area contributed by atoms with Crippen LogP contribution in [0.25, 0.3) is 0 Å². The average Bonchev–Trinajstić information content (AvgIpc) is 2.75. The third-order valence-electron chi connectivity index (χ3n) is 4.37. The number of nitrogens with zero attached hydrogens (tertiary/aromatic N) is 1. The molecular weight excluding hydrogens is 244 g/mol. The van der Waals surface area contributed by atoms with E-state index in [2.05, 4.69) is 55.4 Å². The van der Waals surface area contributed by atoms with Crippen molar-refractivity contribution >= 4 is 0 Å². The summed E-state index contributed by atoms with van der Waals surface area (Å²) in [6.45, 7) is 13.5. The Morgan fingerprint density at radius 1 is 1.55 bits per heavy atom. The fraction of sp³-hybridized carbons (Fsp3) is 0.444. The molecule has 0 spiro atoms. The van der Waals surface area contributed by atoms with Gasteiger partial charge in [0.25, 0.3) is 0 Å². The van der Waals surface area contributed by atoms with Crippen molar-refractivity contribution in [1.29, 1.82) is 0 Å². The maximum Gasteiger partial charge on any atom is 0.0501 e. The Hall–Kier alpha value is -1.54. The minimum absolute atomic E-state index is 0.362. The molecule has 1 aliphatic heterocycles. The molecule has 0 saturated heterocycles. The molecule has 1 heterocycles. The van der Waals surface area contributed by atoms with E-state index in [1.165, 1.54) is 16.7 Å². The van der Waals surface area contributed by atoms with Crippen molar-refractivity contribution in [1.82, 2.24) is 10.2 Å². The highest BCUT2D eigenvalue weighted by molar-refractivity contribution is 5.37. The number of rotatable bonds is 6. The summed E-state index contributed by atoms with van der Waals surface area (Å²) in [5.41, 5.74) is 5.37. The molecule has 0 bridgehead atoms. The van der Waals surface area contributed by atoms with E-state index in [0.717, 1.165) is 25.1 Å². The standard InChI is InChI=1S/C18H26N2/c1-6-7-8-18(14(3)19-5)20-12-16-11-13(2)9-10-17(16)15(20)4/h6,9-11,15,18-19H,1,3,7-8,12H2,2,4-5H3. The van der Waals surface area contributed by atoms with Crippen LogP contribution in [-0.2, 0) is 6.54 Å². The van der Waals surface area contributed by atoms with E-state index in [1.54, 1.807) is 0 Å². The summed E-state index contributed by atoms with van der Waals surface area (Å²) in [4.78, 5) is 2.55. The van der Waals surface area contributed by atoms with Crippen LogP contribution in [0.2, 0.25) is 0 Å². The second kappa shape index (κ2) is 6.27. The van der Waals surface area contributed by atoms with Crippen LogP contribution in [-0.4, -0.2) is 18.0 Å². The molecule has 2 rings (SSSR count). The molecule has 0 fully saturated rings. The number of nitrogens with one attached hydrogen (secondary N) is 1. The lowest BCUT2D eigenvalue weighted by Crippen LogP contribution is -2.37. The molecule has 2 nitrogen and oxygen atoms in total. The van der Waals surface area contributed by atoms with Crippen LogP contribution in [0.4, 0.5) is 0 Å². The van der Waals surface area contributed by atoms with Crippen molar-refractivity contribution in [2.24, 2.45) is 0 Å². The van der Waals surface area contributed by atoms with E-state index >= 15 is 0 Å². The van der Waals surface area contributed by atoms with Crippen molar-refractivity contribution in [3.63, 3.8) is 0 Å². The molecule has 108 valence electrons. The van der Waals surface area contributed by atoms with Gasteiger partial charge in [0.1, 0.15) is 0 Å². The summed E-state index contributed by atoms with van der Waals surface area (Å²) in [5.74, 6) is 0. The second-order valence-corrected chi connectivity index (χ2v) is 5.71. The van der Waals surface area contributed by atoms with Crippen LogP contribution >= 0.6 is 0 Å². The number of benzene rings is 1. The van der Waals surface area contributed by atoms with Crippen molar-refractivity contribution in [2.45, 2.75) is 45.3 Å². The SMILES string of the molecule is C=CCCC(C(=C)NC)N1Cc2cc(C)ccc2C1C. The first kappa shape index (κ1) is 14.9. The molecule has 0 radical (unpaired) electrons. The lowest BCUT2D eigenvalue weighted by molar-refractivity contribution is 0.167. The predicted molar refractivity (Wildman–Crippen MR) is 86.6 cm³/mol. The van der Waals surface area contributed by atoms with Gasteiger partial charge in [0.15, 0.2) is 0 Å². The Morgan fingerprint density at radius 2 is 2.30 bits per heavy atom. The number of allylic oxidation sites excluding steroid dienone is 1. The van der Waals surface area contributed by atoms with E-state index in [0.29, 0.717) is 12.1 Å². The topological polar surface area (TPSA) is 15.3 Å². The Bertz CT molecular complexity index is 504. The van der Waals surface area contributed by atoms with Gasteiger partial charge in [-0.1, -0.05) is 36.4 Å². The minimum Gasteiger partial charge on any atom is -0.391 e. The van der Waals surface area contributed by atoms with Gasteiger partial charge in [0.2, 0.25) is 0 Å². The van der Waals surface area contributed by atoms with E-state index in [9.17, 15) is 0 Å². The monoisotopic (exact) mass is 270 g/mol. The minimum atomic E-state index is 0.362. The molecule has 1 aliphatic rings. The van der Waals surface area contributed by atoms with E-state index < -0.39 is 0 Å². The zero-order chi connectivity index (χ0) is 14.7. The van der Waals surface area contributed by atoms with Gasteiger partial charge in [-0.05, 0) is 37.8 Å². The molecule has 0 amide bonds. The Balaban J connectivity index is 2.23. The van der Waals surface area contributed by atoms with Gasteiger partial charge in [-0.2, -0.15) is 0 Å². The zero-order valence-corrected chi connectivity index (χ0v) is 12.9. The summed E-state index contributed by atoms with van der Waals surface area (Å²) >= 11 is 0. The largest absolute Gasteiger partial charge is 0.391 e. The van der Waals surface area contributed by atoms with Crippen LogP contribution in [0.3, 0.4) is 0 Å². The maximum atomic E-state index is 4.20. The molecule has 2 atom stereocenters. The number of fused-ring (bicyclic) bond motifs is 1. The van der Waals surface area contributed by atoms with Gasteiger partial charge < -0.3 is 5.32 Å². The molecular formula is C18H26N2. The number of hydrogen-bond acceptors (Lipinski definition) is 2. The Kier molecular flexibility index (Phi) is 4.66. The van der Waals surface area contributed by atoms with Crippen LogP contribution in [0.1, 0.15) is 42.5 Å². The molecule has 0 saturated carbocycles. The van der Waals surface area contributed by atoms with Crippen LogP contribution in [0.15, 0.2) is 43.1 Å². The summed E-state index contributed by atoms with van der Waals surface area (Å²) < 4.78 is 0. The average molecular weight is 270 g/mol. The molecule has 0 aliphatic carbocycles. The second-order valence-electron chi connectivity index (χ2n) is 5.71. The van der Waals surface area contributed by atoms with Crippen LogP contribution in [0.5, 0.6) is 0 Å². The maximum absolute atomic E-state index is 4.20. The van der Waals surface area contributed by atoms with Gasteiger partial charge in [-0.25, -0.2) is 0 Å². The van der Waals surface area contributed by atoms with Gasteiger partial charge in [0, 0.05) is 25.3 Å². The number of aryl methyl sites for hydroxylation is 1. The highest BCUT2D eigenvalue weighted by Gasteiger charge is 2.32. The highest BCUT2D eigenvalue weighted by atomic mass is 15.2. The van der Waals surface area contributed by atoms with Crippen molar-refractivity contribution in [3.8, 4) is 0 Å². The molecule has 1 aromatic rings. The fourth-order valence-corrected chi connectivity index (χ4v) is 3.15. The van der Waals surface area contributed by atoms with Gasteiger partial charge in [0.05, 0.1) is 6.04 Å². The van der Waals surface area contributed by atoms with Crippen LogP contribution < -0.4 is 5.32 Å². The van der Waals surface area contributed by atoms with E-state index in [1.807, 2.05) is 13.1 Å². The van der Waals surface area contributed by atoms with Gasteiger partial charge >= 0.3 is 0 Å². The number of likely N-dealkylation sites (N-methyl/N-ethyl adjacent to an activating group) is 1.